The first-order chi connectivity index (χ1) is 8.65. The predicted octanol–water partition coefficient (Wildman–Crippen LogP) is 2.71. The number of carboxylic acids is 1. The molecule has 1 heterocycles. The molecule has 1 aliphatic heterocycles. The van der Waals surface area contributed by atoms with Gasteiger partial charge in [0.05, 0.1) is 5.56 Å². The van der Waals surface area contributed by atoms with Crippen molar-refractivity contribution in [1.29, 1.82) is 0 Å². The lowest BCUT2D eigenvalue weighted by Crippen LogP contribution is -2.33. The molecule has 0 radical (unpaired) electrons. The van der Waals surface area contributed by atoms with Crippen LogP contribution in [0, 0.1) is 0 Å². The highest BCUT2D eigenvalue weighted by atomic mass is 32.2. The van der Waals surface area contributed by atoms with E-state index in [1.165, 1.54) is 24.9 Å². The fraction of sp³-hybridized carbons (Fsp3) is 0.500. The number of likely N-dealkylation sites (tertiary alicyclic amines) is 1. The summed E-state index contributed by atoms with van der Waals surface area (Å²) in [6, 6.07) is 7.21. The lowest BCUT2D eigenvalue weighted by atomic mass is 10.1. The van der Waals surface area contributed by atoms with Crippen LogP contribution in [-0.2, 0) is 5.75 Å². The van der Waals surface area contributed by atoms with Crippen molar-refractivity contribution in [3.63, 3.8) is 0 Å². The third kappa shape index (κ3) is 3.75. The first-order valence-electron chi connectivity index (χ1n) is 6.27. The summed E-state index contributed by atoms with van der Waals surface area (Å²) in [7, 11) is 2.17. The SMILES string of the molecule is CN1CCCC(SCc2ccc(C(=O)O)cc2)C1. The van der Waals surface area contributed by atoms with Crippen LogP contribution in [0.15, 0.2) is 24.3 Å². The Morgan fingerprint density at radius 1 is 1.44 bits per heavy atom. The summed E-state index contributed by atoms with van der Waals surface area (Å²) in [5.74, 6) is 0.112. The third-order valence-corrected chi connectivity index (χ3v) is 4.62. The average molecular weight is 265 g/mol. The van der Waals surface area contributed by atoms with Crippen molar-refractivity contribution in [2.45, 2.75) is 23.8 Å². The molecule has 0 aromatic heterocycles. The molecule has 1 N–H and O–H groups in total. The van der Waals surface area contributed by atoms with E-state index in [1.807, 2.05) is 23.9 Å². The smallest absolute Gasteiger partial charge is 0.335 e. The topological polar surface area (TPSA) is 40.5 Å². The average Bonchev–Trinajstić information content (AvgIpc) is 2.37. The Labute approximate surface area is 112 Å². The second-order valence-corrected chi connectivity index (χ2v) is 6.13. The minimum atomic E-state index is -0.858. The highest BCUT2D eigenvalue weighted by molar-refractivity contribution is 7.99. The molecule has 0 amide bonds. The third-order valence-electron chi connectivity index (χ3n) is 3.27. The maximum Gasteiger partial charge on any atom is 0.335 e. The van der Waals surface area contributed by atoms with Gasteiger partial charge in [-0.3, -0.25) is 0 Å². The molecular formula is C14H19NO2S. The summed E-state index contributed by atoms with van der Waals surface area (Å²) in [5, 5.41) is 9.54. The van der Waals surface area contributed by atoms with Gasteiger partial charge < -0.3 is 10.0 Å². The van der Waals surface area contributed by atoms with Gasteiger partial charge in [-0.2, -0.15) is 11.8 Å². The fourth-order valence-corrected chi connectivity index (χ4v) is 3.53. The predicted molar refractivity (Wildman–Crippen MR) is 75.2 cm³/mol. The summed E-state index contributed by atoms with van der Waals surface area (Å²) in [6.45, 7) is 2.38. The van der Waals surface area contributed by atoms with E-state index in [2.05, 4.69) is 11.9 Å². The number of rotatable bonds is 4. The molecule has 0 bridgehead atoms. The van der Waals surface area contributed by atoms with Gasteiger partial charge in [0.25, 0.3) is 0 Å². The molecular weight excluding hydrogens is 246 g/mol. The largest absolute Gasteiger partial charge is 0.478 e. The van der Waals surface area contributed by atoms with Crippen LogP contribution in [0.5, 0.6) is 0 Å². The number of carboxylic acid groups (broad SMARTS) is 1. The summed E-state index contributed by atoms with van der Waals surface area (Å²) in [5.41, 5.74) is 1.57. The van der Waals surface area contributed by atoms with Crippen LogP contribution in [0.1, 0.15) is 28.8 Å². The highest BCUT2D eigenvalue weighted by Gasteiger charge is 2.17. The molecule has 1 aromatic carbocycles. The van der Waals surface area contributed by atoms with Gasteiger partial charge in [-0.1, -0.05) is 12.1 Å². The van der Waals surface area contributed by atoms with Gasteiger partial charge in [-0.15, -0.1) is 0 Å². The number of piperidine rings is 1. The summed E-state index contributed by atoms with van der Waals surface area (Å²) in [4.78, 5) is 13.1. The van der Waals surface area contributed by atoms with Crippen molar-refractivity contribution in [3.8, 4) is 0 Å². The Morgan fingerprint density at radius 2 is 2.17 bits per heavy atom. The fourth-order valence-electron chi connectivity index (χ4n) is 2.21. The number of aromatic carboxylic acids is 1. The van der Waals surface area contributed by atoms with Gasteiger partial charge in [-0.05, 0) is 44.1 Å². The first kappa shape index (κ1) is 13.4. The molecule has 0 saturated carbocycles. The lowest BCUT2D eigenvalue weighted by molar-refractivity contribution is 0.0697. The van der Waals surface area contributed by atoms with Crippen molar-refractivity contribution < 1.29 is 9.90 Å². The maximum atomic E-state index is 10.7. The molecule has 1 aliphatic rings. The van der Waals surface area contributed by atoms with E-state index in [0.717, 1.165) is 12.3 Å². The first-order valence-corrected chi connectivity index (χ1v) is 7.32. The number of nitrogens with zero attached hydrogens (tertiary/aromatic N) is 1. The number of hydrogen-bond acceptors (Lipinski definition) is 3. The highest BCUT2D eigenvalue weighted by Crippen LogP contribution is 2.25. The molecule has 4 heteroatoms. The van der Waals surface area contributed by atoms with Crippen LogP contribution in [0.25, 0.3) is 0 Å². The molecule has 18 heavy (non-hydrogen) atoms. The van der Waals surface area contributed by atoms with Crippen molar-refractivity contribution in [2.75, 3.05) is 20.1 Å². The second kappa shape index (κ2) is 6.25. The van der Waals surface area contributed by atoms with Gasteiger partial charge in [0.15, 0.2) is 0 Å². The van der Waals surface area contributed by atoms with Crippen LogP contribution in [-0.4, -0.2) is 41.4 Å². The number of hydrogen-bond donors (Lipinski definition) is 1. The molecule has 98 valence electrons. The summed E-state index contributed by atoms with van der Waals surface area (Å²) in [6.07, 6.45) is 2.58. The quantitative estimate of drug-likeness (QED) is 0.908. The molecule has 1 atom stereocenters. The Balaban J connectivity index is 1.84. The van der Waals surface area contributed by atoms with E-state index >= 15 is 0 Å². The van der Waals surface area contributed by atoms with Crippen LogP contribution >= 0.6 is 11.8 Å². The molecule has 1 unspecified atom stereocenters. The van der Waals surface area contributed by atoms with Gasteiger partial charge in [-0.25, -0.2) is 4.79 Å². The maximum absolute atomic E-state index is 10.7. The van der Waals surface area contributed by atoms with E-state index < -0.39 is 5.97 Å². The van der Waals surface area contributed by atoms with E-state index in [9.17, 15) is 4.79 Å². The van der Waals surface area contributed by atoms with E-state index in [0.29, 0.717) is 10.8 Å². The van der Waals surface area contributed by atoms with Crippen molar-refractivity contribution in [3.05, 3.63) is 35.4 Å². The van der Waals surface area contributed by atoms with E-state index in [1.54, 1.807) is 12.1 Å². The molecule has 1 fully saturated rings. The van der Waals surface area contributed by atoms with E-state index in [4.69, 9.17) is 5.11 Å². The minimum absolute atomic E-state index is 0.362. The molecule has 0 spiro atoms. The van der Waals surface area contributed by atoms with Crippen molar-refractivity contribution >= 4 is 17.7 Å². The Bertz CT molecular complexity index is 405. The minimum Gasteiger partial charge on any atom is -0.478 e. The lowest BCUT2D eigenvalue weighted by Gasteiger charge is -2.29. The van der Waals surface area contributed by atoms with Gasteiger partial charge in [0.2, 0.25) is 0 Å². The van der Waals surface area contributed by atoms with Crippen LogP contribution in [0.4, 0.5) is 0 Å². The van der Waals surface area contributed by atoms with Gasteiger partial charge in [0.1, 0.15) is 0 Å². The Morgan fingerprint density at radius 3 is 2.78 bits per heavy atom. The Kier molecular flexibility index (Phi) is 4.66. The van der Waals surface area contributed by atoms with Crippen LogP contribution in [0.3, 0.4) is 0 Å². The van der Waals surface area contributed by atoms with Crippen LogP contribution < -0.4 is 0 Å². The monoisotopic (exact) mass is 265 g/mol. The molecule has 1 saturated heterocycles. The summed E-state index contributed by atoms with van der Waals surface area (Å²) < 4.78 is 0. The second-order valence-electron chi connectivity index (χ2n) is 4.84. The standard InChI is InChI=1S/C14H19NO2S/c1-15-8-2-3-13(9-15)18-10-11-4-6-12(7-5-11)14(16)17/h4-7,13H,2-3,8-10H2,1H3,(H,16,17). The molecule has 1 aromatic rings. The molecule has 2 rings (SSSR count). The van der Waals surface area contributed by atoms with Gasteiger partial charge >= 0.3 is 5.97 Å². The van der Waals surface area contributed by atoms with E-state index in [-0.39, 0.29) is 0 Å². The Hall–Kier alpha value is -1.00. The van der Waals surface area contributed by atoms with Crippen molar-refractivity contribution in [2.24, 2.45) is 0 Å². The number of thioether (sulfide) groups is 1. The molecule has 0 aliphatic carbocycles. The van der Waals surface area contributed by atoms with Gasteiger partial charge in [0, 0.05) is 17.5 Å². The zero-order chi connectivity index (χ0) is 13.0. The van der Waals surface area contributed by atoms with Crippen LogP contribution in [0.2, 0.25) is 0 Å². The summed E-state index contributed by atoms with van der Waals surface area (Å²) >= 11 is 1.98. The zero-order valence-electron chi connectivity index (χ0n) is 10.6. The normalized spacial score (nSPS) is 20.8. The van der Waals surface area contributed by atoms with Crippen molar-refractivity contribution in [1.82, 2.24) is 4.90 Å². The number of benzene rings is 1. The molecule has 3 nitrogen and oxygen atoms in total. The number of carbonyl (C=O) groups is 1. The zero-order valence-corrected chi connectivity index (χ0v) is 11.4.